The van der Waals surface area contributed by atoms with E-state index in [4.69, 9.17) is 11.6 Å². The van der Waals surface area contributed by atoms with Crippen molar-refractivity contribution in [3.05, 3.63) is 17.7 Å². The minimum atomic E-state index is 0.877. The van der Waals surface area contributed by atoms with Crippen LogP contribution in [0.3, 0.4) is 0 Å². The van der Waals surface area contributed by atoms with E-state index in [1.807, 2.05) is 24.6 Å². The first kappa shape index (κ1) is 5.13. The van der Waals surface area contributed by atoms with Gasteiger partial charge >= 0.3 is 0 Å². The van der Waals surface area contributed by atoms with Crippen molar-refractivity contribution in [2.45, 2.75) is 0 Å². The summed E-state index contributed by atoms with van der Waals surface area (Å²) in [7, 11) is 1.99. The van der Waals surface area contributed by atoms with E-state index in [2.05, 4.69) is 0 Å². The predicted octanol–water partition coefficient (Wildman–Crippen LogP) is 1.22. The van der Waals surface area contributed by atoms with E-state index in [0.717, 1.165) is 11.6 Å². The molecule has 0 N–H and O–H groups in total. The molecule has 0 atom stereocenters. The average molecular weight is 117 g/mol. The third-order valence-electron chi connectivity index (χ3n) is 0.910. The zero-order valence-corrected chi connectivity index (χ0v) is 4.94. The van der Waals surface area contributed by atoms with Crippen molar-refractivity contribution in [2.24, 2.45) is 0 Å². The molecule has 1 aliphatic heterocycles. The maximum Gasteiger partial charge on any atom is 0.0485 e. The lowest BCUT2D eigenvalue weighted by Crippen LogP contribution is -2.08. The van der Waals surface area contributed by atoms with Gasteiger partial charge in [-0.25, -0.2) is 0 Å². The van der Waals surface area contributed by atoms with Crippen molar-refractivity contribution in [3.8, 4) is 0 Å². The molecule has 1 nitrogen and oxygen atoms in total. The van der Waals surface area contributed by atoms with Crippen molar-refractivity contribution in [1.82, 2.24) is 4.90 Å². The van der Waals surface area contributed by atoms with E-state index in [1.165, 1.54) is 0 Å². The first-order valence-corrected chi connectivity index (χ1v) is 2.56. The van der Waals surface area contributed by atoms with Gasteiger partial charge in [0.2, 0.25) is 0 Å². The summed E-state index contributed by atoms with van der Waals surface area (Å²) in [6.45, 7) is 2.84. The van der Waals surface area contributed by atoms with Crippen molar-refractivity contribution in [1.29, 1.82) is 0 Å². The molecule has 1 rings (SSSR count). The van der Waals surface area contributed by atoms with Gasteiger partial charge in [-0.1, -0.05) is 11.6 Å². The van der Waals surface area contributed by atoms with Gasteiger partial charge in [-0.15, -0.1) is 0 Å². The number of likely N-dealkylation sites (N-methyl/N-ethyl adjacent to an activating group) is 1. The lowest BCUT2D eigenvalue weighted by atomic mass is 10.6. The molecule has 1 aliphatic rings. The van der Waals surface area contributed by atoms with Crippen molar-refractivity contribution in [3.63, 3.8) is 0 Å². The Morgan fingerprint density at radius 2 is 2.57 bits per heavy atom. The summed E-state index contributed by atoms with van der Waals surface area (Å²) >= 11 is 5.60. The fraction of sp³-hybridized carbons (Fsp3) is 0.400. The average Bonchev–Trinajstić information content (AvgIpc) is 1.87. The van der Waals surface area contributed by atoms with E-state index >= 15 is 0 Å². The van der Waals surface area contributed by atoms with Crippen molar-refractivity contribution in [2.75, 3.05) is 13.6 Å². The van der Waals surface area contributed by atoms with Crippen LogP contribution in [0.15, 0.2) is 11.1 Å². The van der Waals surface area contributed by atoms with Gasteiger partial charge in [-0.2, -0.15) is 0 Å². The lowest BCUT2D eigenvalue weighted by molar-refractivity contribution is 0.490. The predicted molar refractivity (Wildman–Crippen MR) is 30.9 cm³/mol. The van der Waals surface area contributed by atoms with Gasteiger partial charge in [0.05, 0.1) is 0 Å². The maximum absolute atomic E-state index is 5.60. The molecule has 0 aliphatic carbocycles. The highest BCUT2D eigenvalue weighted by Crippen LogP contribution is 2.12. The number of halogens is 1. The molecule has 0 amide bonds. The van der Waals surface area contributed by atoms with E-state index in [-0.39, 0.29) is 0 Å². The van der Waals surface area contributed by atoms with Crippen molar-refractivity contribution >= 4 is 11.6 Å². The molecule has 0 aromatic rings. The van der Waals surface area contributed by atoms with Crippen LogP contribution in [0, 0.1) is 6.54 Å². The van der Waals surface area contributed by atoms with Crippen LogP contribution in [0.25, 0.3) is 0 Å². The Morgan fingerprint density at radius 1 is 1.86 bits per heavy atom. The van der Waals surface area contributed by atoms with Gasteiger partial charge in [0.1, 0.15) is 0 Å². The fourth-order valence-corrected chi connectivity index (χ4v) is 0.797. The maximum atomic E-state index is 5.60. The molecule has 0 unspecified atom stereocenters. The molecule has 0 spiro atoms. The van der Waals surface area contributed by atoms with Crippen LogP contribution in [-0.4, -0.2) is 18.5 Å². The summed E-state index contributed by atoms with van der Waals surface area (Å²) < 4.78 is 0. The summed E-state index contributed by atoms with van der Waals surface area (Å²) in [5.41, 5.74) is 0. The molecule has 1 radical (unpaired) electrons. The third kappa shape index (κ3) is 1.18. The summed E-state index contributed by atoms with van der Waals surface area (Å²) in [6, 6.07) is 0. The number of hydrogen-bond acceptors (Lipinski definition) is 1. The first-order chi connectivity index (χ1) is 3.29. The molecule has 0 saturated carbocycles. The van der Waals surface area contributed by atoms with Gasteiger partial charge in [0.25, 0.3) is 0 Å². The summed E-state index contributed by atoms with van der Waals surface area (Å²) in [4.78, 5) is 2.03. The summed E-state index contributed by atoms with van der Waals surface area (Å²) in [6.07, 6.45) is 1.90. The standard InChI is InChI=1S/C5H7ClN/c1-7-3-2-5(6)4-7/h2-3H,4H2,1H3. The normalized spacial score (nSPS) is 22.9. The first-order valence-electron chi connectivity index (χ1n) is 2.19. The molecule has 0 fully saturated rings. The highest BCUT2D eigenvalue weighted by Gasteiger charge is 2.05. The number of hydrogen-bond donors (Lipinski definition) is 0. The minimum absolute atomic E-state index is 0.877. The van der Waals surface area contributed by atoms with Gasteiger partial charge in [0.15, 0.2) is 0 Å². The summed E-state index contributed by atoms with van der Waals surface area (Å²) in [5.74, 6) is 0. The summed E-state index contributed by atoms with van der Waals surface area (Å²) in [5, 5.41) is 0.919. The van der Waals surface area contributed by atoms with Gasteiger partial charge in [-0.05, 0) is 13.1 Å². The molecule has 0 saturated heterocycles. The molecular weight excluding hydrogens is 110 g/mol. The Hall–Kier alpha value is -0.0100. The van der Waals surface area contributed by atoms with Crippen molar-refractivity contribution < 1.29 is 0 Å². The third-order valence-corrected chi connectivity index (χ3v) is 1.16. The van der Waals surface area contributed by atoms with Gasteiger partial charge in [0, 0.05) is 18.1 Å². The largest absolute Gasteiger partial charge is 0.293 e. The zero-order chi connectivity index (χ0) is 5.28. The monoisotopic (exact) mass is 116 g/mol. The molecule has 7 heavy (non-hydrogen) atoms. The Kier molecular flexibility index (Phi) is 1.35. The van der Waals surface area contributed by atoms with E-state index in [1.54, 1.807) is 0 Å². The molecule has 2 heteroatoms. The highest BCUT2D eigenvalue weighted by atomic mass is 35.5. The molecular formula is C5H7ClN. The Bertz CT molecular complexity index is 98.3. The van der Waals surface area contributed by atoms with Crippen LogP contribution >= 0.6 is 11.6 Å². The Morgan fingerprint density at radius 3 is 2.71 bits per heavy atom. The van der Waals surface area contributed by atoms with Gasteiger partial charge in [-0.3, -0.25) is 4.90 Å². The Labute approximate surface area is 48.6 Å². The second-order valence-electron chi connectivity index (χ2n) is 1.68. The second kappa shape index (κ2) is 1.85. The molecule has 1 heterocycles. The number of rotatable bonds is 0. The lowest BCUT2D eigenvalue weighted by Gasteiger charge is -2.02. The molecule has 0 aromatic heterocycles. The second-order valence-corrected chi connectivity index (χ2v) is 2.16. The highest BCUT2D eigenvalue weighted by molar-refractivity contribution is 6.30. The van der Waals surface area contributed by atoms with Crippen LogP contribution in [0.5, 0.6) is 0 Å². The van der Waals surface area contributed by atoms with Crippen LogP contribution < -0.4 is 0 Å². The topological polar surface area (TPSA) is 3.24 Å². The van der Waals surface area contributed by atoms with E-state index < -0.39 is 0 Å². The van der Waals surface area contributed by atoms with E-state index in [0.29, 0.717) is 0 Å². The zero-order valence-electron chi connectivity index (χ0n) is 4.19. The van der Waals surface area contributed by atoms with Crippen LogP contribution in [-0.2, 0) is 0 Å². The fourth-order valence-electron chi connectivity index (χ4n) is 0.552. The van der Waals surface area contributed by atoms with E-state index in [9.17, 15) is 0 Å². The Balaban J connectivity index is 2.42. The smallest absolute Gasteiger partial charge is 0.0485 e. The number of nitrogens with zero attached hydrogens (tertiary/aromatic N) is 1. The molecule has 0 aromatic carbocycles. The quantitative estimate of drug-likeness (QED) is 0.460. The minimum Gasteiger partial charge on any atom is -0.293 e. The van der Waals surface area contributed by atoms with Crippen LogP contribution in [0.2, 0.25) is 0 Å². The SMILES string of the molecule is CN1[CH]C=C(Cl)C1. The van der Waals surface area contributed by atoms with Gasteiger partial charge < -0.3 is 0 Å². The molecule has 0 bridgehead atoms. The van der Waals surface area contributed by atoms with Crippen LogP contribution in [0.1, 0.15) is 0 Å². The van der Waals surface area contributed by atoms with Crippen LogP contribution in [0.4, 0.5) is 0 Å². The molecule has 39 valence electrons.